The molecule has 0 saturated carbocycles. The van der Waals surface area contributed by atoms with Crippen molar-refractivity contribution in [3.05, 3.63) is 113 Å². The van der Waals surface area contributed by atoms with E-state index in [1.807, 2.05) is 54.6 Å². The Morgan fingerprint density at radius 3 is 2.43 bits per heavy atom. The molecular formula is C26H22N2O2. The molecule has 4 aromatic rings. The molecule has 4 nitrogen and oxygen atoms in total. The average molecular weight is 394 g/mol. The van der Waals surface area contributed by atoms with Crippen molar-refractivity contribution >= 4 is 22.9 Å². The summed E-state index contributed by atoms with van der Waals surface area (Å²) in [4.78, 5) is 12.4. The fraction of sp³-hybridized carbons (Fsp3) is 0.0769. The molecule has 0 spiro atoms. The van der Waals surface area contributed by atoms with Crippen molar-refractivity contribution in [2.45, 2.75) is 13.5 Å². The first-order chi connectivity index (χ1) is 14.7. The Bertz CT molecular complexity index is 1170. The van der Waals surface area contributed by atoms with Gasteiger partial charge in [0.2, 0.25) is 0 Å². The van der Waals surface area contributed by atoms with Crippen LogP contribution in [0, 0.1) is 6.92 Å². The highest BCUT2D eigenvalue weighted by atomic mass is 16.5. The van der Waals surface area contributed by atoms with Crippen molar-refractivity contribution in [2.75, 3.05) is 0 Å². The smallest absolute Gasteiger partial charge is 0.271 e. The Kier molecular flexibility index (Phi) is 5.85. The maximum atomic E-state index is 12.4. The Morgan fingerprint density at radius 1 is 0.900 bits per heavy atom. The van der Waals surface area contributed by atoms with E-state index in [9.17, 15) is 4.79 Å². The minimum atomic E-state index is -0.267. The van der Waals surface area contributed by atoms with Crippen LogP contribution in [0.3, 0.4) is 0 Å². The molecule has 0 aromatic heterocycles. The van der Waals surface area contributed by atoms with Crippen LogP contribution in [0.4, 0.5) is 0 Å². The molecular weight excluding hydrogens is 372 g/mol. The first-order valence-corrected chi connectivity index (χ1v) is 9.79. The SMILES string of the molecule is Cc1ccc(COc2ccc(C(=O)N/N=C\c3cccc4ccccc34)cc2)cc1. The monoisotopic (exact) mass is 394 g/mol. The first kappa shape index (κ1) is 19.4. The van der Waals surface area contributed by atoms with Gasteiger partial charge >= 0.3 is 0 Å². The number of amides is 1. The van der Waals surface area contributed by atoms with Gasteiger partial charge in [0.15, 0.2) is 0 Å². The molecule has 0 aliphatic heterocycles. The maximum absolute atomic E-state index is 12.4. The molecule has 0 radical (unpaired) electrons. The lowest BCUT2D eigenvalue weighted by atomic mass is 10.1. The minimum Gasteiger partial charge on any atom is -0.489 e. The summed E-state index contributed by atoms with van der Waals surface area (Å²) in [5, 5.41) is 6.34. The van der Waals surface area contributed by atoms with E-state index < -0.39 is 0 Å². The van der Waals surface area contributed by atoms with Crippen LogP contribution in [-0.2, 0) is 6.61 Å². The molecule has 0 saturated heterocycles. The summed E-state index contributed by atoms with van der Waals surface area (Å²) in [6.07, 6.45) is 1.67. The largest absolute Gasteiger partial charge is 0.489 e. The third kappa shape index (κ3) is 4.73. The van der Waals surface area contributed by atoms with Crippen LogP contribution in [0.2, 0.25) is 0 Å². The molecule has 148 valence electrons. The number of aryl methyl sites for hydroxylation is 1. The molecule has 30 heavy (non-hydrogen) atoms. The Labute approximate surface area is 175 Å². The molecule has 0 heterocycles. The molecule has 4 heteroatoms. The normalized spacial score (nSPS) is 11.0. The van der Waals surface area contributed by atoms with Crippen molar-refractivity contribution < 1.29 is 9.53 Å². The molecule has 0 unspecified atom stereocenters. The van der Waals surface area contributed by atoms with E-state index in [-0.39, 0.29) is 5.91 Å². The highest BCUT2D eigenvalue weighted by Gasteiger charge is 2.05. The van der Waals surface area contributed by atoms with E-state index in [4.69, 9.17) is 4.74 Å². The number of fused-ring (bicyclic) bond motifs is 1. The molecule has 1 amide bonds. The van der Waals surface area contributed by atoms with Gasteiger partial charge in [-0.25, -0.2) is 5.43 Å². The molecule has 0 atom stereocenters. The third-order valence-corrected chi connectivity index (χ3v) is 4.84. The predicted molar refractivity (Wildman–Crippen MR) is 121 cm³/mol. The van der Waals surface area contributed by atoms with Crippen LogP contribution >= 0.6 is 0 Å². The number of ether oxygens (including phenoxy) is 1. The zero-order chi connectivity index (χ0) is 20.8. The van der Waals surface area contributed by atoms with Gasteiger partial charge in [0, 0.05) is 11.1 Å². The number of carbonyl (C=O) groups is 1. The van der Waals surface area contributed by atoms with Gasteiger partial charge in [-0.3, -0.25) is 4.79 Å². The standard InChI is InChI=1S/C26H22N2O2/c1-19-9-11-20(12-10-19)18-30-24-15-13-22(14-16-24)26(29)28-27-17-23-7-4-6-21-5-2-3-8-25(21)23/h2-17H,18H2,1H3,(H,28,29)/b27-17-. The average Bonchev–Trinajstić information content (AvgIpc) is 2.79. The first-order valence-electron chi connectivity index (χ1n) is 9.79. The fourth-order valence-electron chi connectivity index (χ4n) is 3.14. The van der Waals surface area contributed by atoms with Crippen LogP contribution in [0.25, 0.3) is 10.8 Å². The van der Waals surface area contributed by atoms with Gasteiger partial charge < -0.3 is 4.74 Å². The quantitative estimate of drug-likeness (QED) is 0.347. The number of benzene rings is 4. The molecule has 4 rings (SSSR count). The highest BCUT2D eigenvalue weighted by molar-refractivity contribution is 6.00. The summed E-state index contributed by atoms with van der Waals surface area (Å²) in [6.45, 7) is 2.54. The highest BCUT2D eigenvalue weighted by Crippen LogP contribution is 2.17. The molecule has 1 N–H and O–H groups in total. The van der Waals surface area contributed by atoms with Crippen LogP contribution in [0.5, 0.6) is 5.75 Å². The number of hydrogen-bond acceptors (Lipinski definition) is 3. The summed E-state index contributed by atoms with van der Waals surface area (Å²) < 4.78 is 5.79. The zero-order valence-corrected chi connectivity index (χ0v) is 16.7. The van der Waals surface area contributed by atoms with Crippen LogP contribution in [-0.4, -0.2) is 12.1 Å². The number of rotatable bonds is 6. The van der Waals surface area contributed by atoms with Gasteiger partial charge in [-0.2, -0.15) is 5.10 Å². The van der Waals surface area contributed by atoms with E-state index in [2.05, 4.69) is 29.6 Å². The Hall–Kier alpha value is -3.92. The van der Waals surface area contributed by atoms with Gasteiger partial charge in [0.1, 0.15) is 12.4 Å². The summed E-state index contributed by atoms with van der Waals surface area (Å²) in [5.74, 6) is 0.447. The number of hydrazone groups is 1. The molecule has 4 aromatic carbocycles. The lowest BCUT2D eigenvalue weighted by Crippen LogP contribution is -2.17. The second kappa shape index (κ2) is 9.05. The summed E-state index contributed by atoms with van der Waals surface area (Å²) >= 11 is 0. The lowest BCUT2D eigenvalue weighted by Gasteiger charge is -2.07. The van der Waals surface area contributed by atoms with Crippen molar-refractivity contribution in [3.63, 3.8) is 0 Å². The van der Waals surface area contributed by atoms with Crippen molar-refractivity contribution in [2.24, 2.45) is 5.10 Å². The number of carbonyl (C=O) groups excluding carboxylic acids is 1. The lowest BCUT2D eigenvalue weighted by molar-refractivity contribution is 0.0955. The zero-order valence-electron chi connectivity index (χ0n) is 16.7. The second-order valence-corrected chi connectivity index (χ2v) is 7.07. The van der Waals surface area contributed by atoms with Crippen LogP contribution < -0.4 is 10.2 Å². The Morgan fingerprint density at radius 2 is 1.63 bits per heavy atom. The van der Waals surface area contributed by atoms with E-state index in [1.54, 1.807) is 30.5 Å². The van der Waals surface area contributed by atoms with Gasteiger partial charge in [-0.05, 0) is 47.5 Å². The molecule has 0 aliphatic carbocycles. The van der Waals surface area contributed by atoms with Crippen molar-refractivity contribution in [1.29, 1.82) is 0 Å². The number of nitrogens with one attached hydrogen (secondary N) is 1. The minimum absolute atomic E-state index is 0.267. The Balaban J connectivity index is 1.35. The van der Waals surface area contributed by atoms with Gasteiger partial charge in [0.25, 0.3) is 5.91 Å². The molecule has 0 fully saturated rings. The number of hydrogen-bond donors (Lipinski definition) is 1. The topological polar surface area (TPSA) is 50.7 Å². The molecule has 0 bridgehead atoms. The van der Waals surface area contributed by atoms with E-state index >= 15 is 0 Å². The van der Waals surface area contributed by atoms with Crippen LogP contribution in [0.15, 0.2) is 96.1 Å². The predicted octanol–water partition coefficient (Wildman–Crippen LogP) is 5.49. The van der Waals surface area contributed by atoms with Crippen LogP contribution in [0.1, 0.15) is 27.0 Å². The summed E-state index contributed by atoms with van der Waals surface area (Å²) in [7, 11) is 0. The van der Waals surface area contributed by atoms with Gasteiger partial charge in [-0.1, -0.05) is 72.3 Å². The number of nitrogens with zero attached hydrogens (tertiary/aromatic N) is 1. The van der Waals surface area contributed by atoms with E-state index in [0.29, 0.717) is 17.9 Å². The third-order valence-electron chi connectivity index (χ3n) is 4.84. The fourth-order valence-corrected chi connectivity index (χ4v) is 3.14. The second-order valence-electron chi connectivity index (χ2n) is 7.07. The summed E-state index contributed by atoms with van der Waals surface area (Å²) in [6, 6.07) is 29.3. The van der Waals surface area contributed by atoms with Crippen molar-refractivity contribution in [1.82, 2.24) is 5.43 Å². The van der Waals surface area contributed by atoms with Crippen molar-refractivity contribution in [3.8, 4) is 5.75 Å². The van der Waals surface area contributed by atoms with Gasteiger partial charge in [-0.15, -0.1) is 0 Å². The van der Waals surface area contributed by atoms with Gasteiger partial charge in [0.05, 0.1) is 6.21 Å². The van der Waals surface area contributed by atoms with E-state index in [0.717, 1.165) is 21.9 Å². The maximum Gasteiger partial charge on any atom is 0.271 e. The summed E-state index contributed by atoms with van der Waals surface area (Å²) in [5.41, 5.74) is 6.38. The molecule has 0 aliphatic rings. The van der Waals surface area contributed by atoms with E-state index in [1.165, 1.54) is 5.56 Å².